The average molecular weight is 315 g/mol. The Balaban J connectivity index is 2.47. The molecule has 0 bridgehead atoms. The van der Waals surface area contributed by atoms with Crippen LogP contribution in [0.15, 0.2) is 34.7 Å². The molecule has 2 rings (SSSR count). The molecular formula is C13H15ClN2O3S. The Morgan fingerprint density at radius 3 is 2.70 bits per heavy atom. The highest BCUT2D eigenvalue weighted by atomic mass is 35.5. The first-order valence-electron chi connectivity index (χ1n) is 6.07. The maximum Gasteiger partial charge on any atom is 0.257 e. The first kappa shape index (κ1) is 15.0. The average Bonchev–Trinajstić information content (AvgIpc) is 2.36. The van der Waals surface area contributed by atoms with Crippen molar-refractivity contribution in [2.45, 2.75) is 18.2 Å². The molecule has 7 heteroatoms. The van der Waals surface area contributed by atoms with Crippen molar-refractivity contribution < 1.29 is 13.2 Å². The third-order valence-corrected chi connectivity index (χ3v) is 4.38. The van der Waals surface area contributed by atoms with Crippen LogP contribution in [0.5, 0.6) is 0 Å². The van der Waals surface area contributed by atoms with Crippen LogP contribution >= 0.6 is 11.6 Å². The molecule has 5 nitrogen and oxygen atoms in total. The predicted molar refractivity (Wildman–Crippen MR) is 77.1 cm³/mol. The van der Waals surface area contributed by atoms with E-state index < -0.39 is 15.9 Å². The smallest absolute Gasteiger partial charge is 0.257 e. The largest absolute Gasteiger partial charge is 0.334 e. The molecule has 2 N–H and O–H groups in total. The molecule has 0 atom stereocenters. The second-order valence-electron chi connectivity index (χ2n) is 4.72. The number of sulfonamides is 1. The van der Waals surface area contributed by atoms with Crippen molar-refractivity contribution in [3.63, 3.8) is 0 Å². The number of rotatable bonds is 2. The number of halogens is 1. The summed E-state index contributed by atoms with van der Waals surface area (Å²) in [5, 5.41) is 5.24. The van der Waals surface area contributed by atoms with Crippen LogP contribution in [0.2, 0.25) is 5.02 Å². The minimum Gasteiger partial charge on any atom is -0.334 e. The van der Waals surface area contributed by atoms with Crippen LogP contribution in [0.25, 0.3) is 0 Å². The zero-order valence-electron chi connectivity index (χ0n) is 11.0. The quantitative estimate of drug-likeness (QED) is 0.845. The Hall–Kier alpha value is -1.37. The molecule has 0 radical (unpaired) electrons. The molecule has 1 amide bonds. The van der Waals surface area contributed by atoms with Gasteiger partial charge in [-0.2, -0.15) is 0 Å². The number of carbonyl (C=O) groups is 1. The number of benzene rings is 1. The maximum atomic E-state index is 12.5. The Labute approximate surface area is 123 Å². The molecule has 0 fully saturated rings. The highest BCUT2D eigenvalue weighted by molar-refractivity contribution is 7.89. The van der Waals surface area contributed by atoms with Crippen LogP contribution in [0.4, 0.5) is 0 Å². The third-order valence-electron chi connectivity index (χ3n) is 3.12. The molecule has 0 aliphatic carbocycles. The Morgan fingerprint density at radius 1 is 1.40 bits per heavy atom. The van der Waals surface area contributed by atoms with Gasteiger partial charge in [0, 0.05) is 13.1 Å². The number of nitrogens with zero attached hydrogens (tertiary/aromatic N) is 1. The summed E-state index contributed by atoms with van der Waals surface area (Å²) in [5.41, 5.74) is 1.01. The van der Waals surface area contributed by atoms with Gasteiger partial charge in [0.1, 0.15) is 0 Å². The second kappa shape index (κ2) is 5.55. The van der Waals surface area contributed by atoms with Crippen molar-refractivity contribution in [3.05, 3.63) is 40.4 Å². The fourth-order valence-corrected chi connectivity index (χ4v) is 3.25. The normalized spacial score (nSPS) is 15.9. The third kappa shape index (κ3) is 3.03. The van der Waals surface area contributed by atoms with Gasteiger partial charge in [-0.05, 0) is 25.5 Å². The van der Waals surface area contributed by atoms with Crippen LogP contribution in [-0.2, 0) is 10.0 Å². The van der Waals surface area contributed by atoms with E-state index in [4.69, 9.17) is 16.7 Å². The molecule has 0 saturated carbocycles. The van der Waals surface area contributed by atoms with Crippen LogP contribution in [0.3, 0.4) is 0 Å². The molecule has 0 aromatic heterocycles. The van der Waals surface area contributed by atoms with E-state index in [9.17, 15) is 13.2 Å². The first-order valence-corrected chi connectivity index (χ1v) is 7.99. The van der Waals surface area contributed by atoms with Gasteiger partial charge in [0.2, 0.25) is 10.0 Å². The second-order valence-corrected chi connectivity index (χ2v) is 6.66. The lowest BCUT2D eigenvalue weighted by molar-refractivity contribution is 0.0762. The number of hydrogen-bond donors (Lipinski definition) is 1. The molecule has 1 aromatic carbocycles. The van der Waals surface area contributed by atoms with Gasteiger partial charge in [-0.25, -0.2) is 13.6 Å². The molecule has 0 spiro atoms. The Bertz CT molecular complexity index is 683. The summed E-state index contributed by atoms with van der Waals surface area (Å²) in [7, 11) is -4.00. The van der Waals surface area contributed by atoms with E-state index in [1.807, 2.05) is 6.92 Å². The van der Waals surface area contributed by atoms with Crippen LogP contribution < -0.4 is 5.14 Å². The van der Waals surface area contributed by atoms with Crippen molar-refractivity contribution >= 4 is 27.5 Å². The zero-order chi connectivity index (χ0) is 14.9. The van der Waals surface area contributed by atoms with E-state index in [2.05, 4.69) is 6.08 Å². The first-order chi connectivity index (χ1) is 9.30. The number of hydrogen-bond acceptors (Lipinski definition) is 3. The van der Waals surface area contributed by atoms with E-state index in [1.54, 1.807) is 4.90 Å². The van der Waals surface area contributed by atoms with E-state index in [1.165, 1.54) is 18.2 Å². The van der Waals surface area contributed by atoms with E-state index >= 15 is 0 Å². The van der Waals surface area contributed by atoms with E-state index in [-0.39, 0.29) is 15.5 Å². The summed E-state index contributed by atoms with van der Waals surface area (Å²) in [4.78, 5) is 13.9. The minimum atomic E-state index is -4.00. The molecule has 1 heterocycles. The Morgan fingerprint density at radius 2 is 2.10 bits per heavy atom. The molecule has 1 aromatic rings. The molecule has 20 heavy (non-hydrogen) atoms. The highest BCUT2D eigenvalue weighted by Gasteiger charge is 2.26. The molecular weight excluding hydrogens is 300 g/mol. The maximum absolute atomic E-state index is 12.5. The summed E-state index contributed by atoms with van der Waals surface area (Å²) < 4.78 is 23.2. The van der Waals surface area contributed by atoms with E-state index in [0.29, 0.717) is 13.1 Å². The van der Waals surface area contributed by atoms with Crippen molar-refractivity contribution in [2.24, 2.45) is 5.14 Å². The molecule has 0 unspecified atom stereocenters. The Kier molecular flexibility index (Phi) is 4.17. The summed E-state index contributed by atoms with van der Waals surface area (Å²) in [6.07, 6.45) is 2.80. The number of amides is 1. The van der Waals surface area contributed by atoms with Gasteiger partial charge in [-0.3, -0.25) is 4.79 Å². The van der Waals surface area contributed by atoms with Crippen LogP contribution in [-0.4, -0.2) is 32.3 Å². The van der Waals surface area contributed by atoms with Crippen LogP contribution in [0, 0.1) is 0 Å². The van der Waals surface area contributed by atoms with Gasteiger partial charge in [-0.1, -0.05) is 29.3 Å². The van der Waals surface area contributed by atoms with Crippen molar-refractivity contribution in [3.8, 4) is 0 Å². The number of carbonyl (C=O) groups excluding carboxylic acids is 1. The summed E-state index contributed by atoms with van der Waals surface area (Å²) >= 11 is 6.00. The summed E-state index contributed by atoms with van der Waals surface area (Å²) in [5.74, 6) is -0.410. The molecule has 108 valence electrons. The number of nitrogens with two attached hydrogens (primary N) is 1. The van der Waals surface area contributed by atoms with Gasteiger partial charge in [0.05, 0.1) is 15.5 Å². The van der Waals surface area contributed by atoms with Gasteiger partial charge in [-0.15, -0.1) is 0 Å². The standard InChI is InChI=1S/C13H15ClN2O3S/c1-9-4-3-7-16(8-9)13(17)12-10(14)5-2-6-11(12)20(15,18)19/h2,4-6H,3,7-8H2,1H3,(H2,15,18,19). The summed E-state index contributed by atoms with van der Waals surface area (Å²) in [6.45, 7) is 2.92. The fraction of sp³-hybridized carbons (Fsp3) is 0.308. The predicted octanol–water partition coefficient (Wildman–Crippen LogP) is 1.78. The minimum absolute atomic E-state index is 0.0497. The van der Waals surface area contributed by atoms with Gasteiger partial charge in [0.15, 0.2) is 0 Å². The lowest BCUT2D eigenvalue weighted by Gasteiger charge is -2.27. The fourth-order valence-electron chi connectivity index (χ4n) is 2.19. The monoisotopic (exact) mass is 314 g/mol. The van der Waals surface area contributed by atoms with Crippen molar-refractivity contribution in [2.75, 3.05) is 13.1 Å². The lowest BCUT2D eigenvalue weighted by atomic mass is 10.1. The molecule has 0 saturated heterocycles. The van der Waals surface area contributed by atoms with Gasteiger partial charge < -0.3 is 4.90 Å². The molecule has 1 aliphatic rings. The van der Waals surface area contributed by atoms with Crippen LogP contribution in [0.1, 0.15) is 23.7 Å². The lowest BCUT2D eigenvalue weighted by Crippen LogP contribution is -2.36. The molecule has 1 aliphatic heterocycles. The van der Waals surface area contributed by atoms with Crippen molar-refractivity contribution in [1.82, 2.24) is 4.90 Å². The van der Waals surface area contributed by atoms with Crippen molar-refractivity contribution in [1.29, 1.82) is 0 Å². The topological polar surface area (TPSA) is 80.5 Å². The SMILES string of the molecule is CC1=CCCN(C(=O)c2c(Cl)cccc2S(N)(=O)=O)C1. The van der Waals surface area contributed by atoms with Gasteiger partial charge in [0.25, 0.3) is 5.91 Å². The zero-order valence-corrected chi connectivity index (χ0v) is 12.5. The van der Waals surface area contributed by atoms with Gasteiger partial charge >= 0.3 is 0 Å². The highest BCUT2D eigenvalue weighted by Crippen LogP contribution is 2.26. The number of primary sulfonamides is 1. The summed E-state index contributed by atoms with van der Waals surface area (Å²) in [6, 6.07) is 4.23. The van der Waals surface area contributed by atoms with E-state index in [0.717, 1.165) is 12.0 Å².